The highest BCUT2D eigenvalue weighted by atomic mass is 16.2. The van der Waals surface area contributed by atoms with Gasteiger partial charge in [-0.15, -0.1) is 0 Å². The van der Waals surface area contributed by atoms with Gasteiger partial charge < -0.3 is 15.4 Å². The molecule has 1 rings (SSSR count). The van der Waals surface area contributed by atoms with Crippen molar-refractivity contribution in [3.8, 4) is 0 Å². The second-order valence-corrected chi connectivity index (χ2v) is 3.45. The third-order valence-electron chi connectivity index (χ3n) is 2.19. The number of hydrogen-bond donors (Lipinski definition) is 2. The molecule has 0 aliphatic heterocycles. The summed E-state index contributed by atoms with van der Waals surface area (Å²) >= 11 is 0. The van der Waals surface area contributed by atoms with Crippen LogP contribution in [0.4, 0.5) is 0 Å². The van der Waals surface area contributed by atoms with E-state index >= 15 is 0 Å². The molecule has 0 heterocycles. The quantitative estimate of drug-likeness (QED) is 0.582. The van der Waals surface area contributed by atoms with E-state index in [-0.39, 0.29) is 18.4 Å². The van der Waals surface area contributed by atoms with Gasteiger partial charge in [-0.05, 0) is 23.8 Å². The molecule has 1 aromatic rings. The lowest BCUT2D eigenvalue weighted by Gasteiger charge is -2.00. The highest BCUT2D eigenvalue weighted by molar-refractivity contribution is 5.95. The minimum absolute atomic E-state index is 0.00121. The monoisotopic (exact) mass is 246 g/mol. The molecule has 2 N–H and O–H groups in total. The Kier molecular flexibility index (Phi) is 5.31. The Morgan fingerprint density at radius 2 is 1.89 bits per heavy atom. The second-order valence-electron chi connectivity index (χ2n) is 3.45. The van der Waals surface area contributed by atoms with E-state index in [1.54, 1.807) is 37.4 Å². The third-order valence-corrected chi connectivity index (χ3v) is 2.19. The van der Waals surface area contributed by atoms with Gasteiger partial charge in [0.25, 0.3) is 5.91 Å². The molecule has 0 aliphatic rings. The van der Waals surface area contributed by atoms with E-state index < -0.39 is 0 Å². The van der Waals surface area contributed by atoms with Crippen LogP contribution < -0.4 is 10.6 Å². The van der Waals surface area contributed by atoms with Gasteiger partial charge in [-0.25, -0.2) is 0 Å². The number of aldehydes is 1. The van der Waals surface area contributed by atoms with Gasteiger partial charge in [-0.1, -0.05) is 12.1 Å². The highest BCUT2D eigenvalue weighted by Crippen LogP contribution is 2.06. The topological polar surface area (TPSA) is 75.3 Å². The van der Waals surface area contributed by atoms with Gasteiger partial charge in [0.05, 0.1) is 6.54 Å². The summed E-state index contributed by atoms with van der Waals surface area (Å²) in [5.74, 6) is -0.494. The summed E-state index contributed by atoms with van der Waals surface area (Å²) in [5.41, 5.74) is 1.35. The van der Waals surface area contributed by atoms with Crippen molar-refractivity contribution in [2.75, 3.05) is 13.6 Å². The molecule has 0 saturated carbocycles. The predicted molar refractivity (Wildman–Crippen MR) is 67.9 cm³/mol. The van der Waals surface area contributed by atoms with Crippen molar-refractivity contribution in [3.05, 3.63) is 41.5 Å². The summed E-state index contributed by atoms with van der Waals surface area (Å²) < 4.78 is 0. The second kappa shape index (κ2) is 7.01. The maximum Gasteiger partial charge on any atom is 0.251 e. The van der Waals surface area contributed by atoms with Gasteiger partial charge in [-0.3, -0.25) is 9.59 Å². The summed E-state index contributed by atoms with van der Waals surface area (Å²) in [6, 6.07) is 6.80. The minimum atomic E-state index is -0.336. The lowest BCUT2D eigenvalue weighted by Crippen LogP contribution is -2.22. The summed E-state index contributed by atoms with van der Waals surface area (Å²) in [6.07, 6.45) is 3.55. The molecular weight excluding hydrogens is 232 g/mol. The summed E-state index contributed by atoms with van der Waals surface area (Å²) in [4.78, 5) is 32.5. The first-order valence-corrected chi connectivity index (χ1v) is 5.39. The minimum Gasteiger partial charge on any atom is -0.355 e. The van der Waals surface area contributed by atoms with Crippen LogP contribution in [0.3, 0.4) is 0 Å². The fourth-order valence-electron chi connectivity index (χ4n) is 1.26. The smallest absolute Gasteiger partial charge is 0.251 e. The van der Waals surface area contributed by atoms with Crippen molar-refractivity contribution in [2.45, 2.75) is 0 Å². The number of benzene rings is 1. The SMILES string of the molecule is CNC(=O)c1ccc(C=CC(=O)NCC=O)cc1. The first-order chi connectivity index (χ1) is 8.67. The lowest BCUT2D eigenvalue weighted by atomic mass is 10.1. The Morgan fingerprint density at radius 1 is 1.22 bits per heavy atom. The van der Waals surface area contributed by atoms with Crippen molar-refractivity contribution in [1.82, 2.24) is 10.6 Å². The Hall–Kier alpha value is -2.43. The summed E-state index contributed by atoms with van der Waals surface area (Å²) in [5, 5.41) is 4.90. The first-order valence-electron chi connectivity index (χ1n) is 5.39. The maximum absolute atomic E-state index is 11.3. The van der Waals surface area contributed by atoms with Crippen LogP contribution in [0.2, 0.25) is 0 Å². The molecule has 0 atom stereocenters. The first kappa shape index (κ1) is 13.6. The largest absolute Gasteiger partial charge is 0.355 e. The van der Waals surface area contributed by atoms with Crippen molar-refractivity contribution in [3.63, 3.8) is 0 Å². The molecule has 0 spiro atoms. The highest BCUT2D eigenvalue weighted by Gasteiger charge is 2.01. The number of nitrogens with one attached hydrogen (secondary N) is 2. The number of amides is 2. The van der Waals surface area contributed by atoms with E-state index in [1.807, 2.05) is 0 Å². The van der Waals surface area contributed by atoms with Crippen LogP contribution in [0.25, 0.3) is 6.08 Å². The van der Waals surface area contributed by atoms with Crippen LogP contribution in [0, 0.1) is 0 Å². The Bertz CT molecular complexity index is 464. The number of hydrogen-bond acceptors (Lipinski definition) is 3. The van der Waals surface area contributed by atoms with Crippen LogP contribution >= 0.6 is 0 Å². The van der Waals surface area contributed by atoms with Crippen LogP contribution in [-0.4, -0.2) is 31.7 Å². The van der Waals surface area contributed by atoms with Crippen molar-refractivity contribution < 1.29 is 14.4 Å². The van der Waals surface area contributed by atoms with E-state index in [1.165, 1.54) is 6.08 Å². The number of carbonyl (C=O) groups excluding carboxylic acids is 3. The number of carbonyl (C=O) groups is 3. The van der Waals surface area contributed by atoms with Gasteiger partial charge in [0, 0.05) is 18.7 Å². The lowest BCUT2D eigenvalue weighted by molar-refractivity contribution is -0.118. The van der Waals surface area contributed by atoms with Gasteiger partial charge >= 0.3 is 0 Å². The summed E-state index contributed by atoms with van der Waals surface area (Å²) in [6.45, 7) is -0.00121. The molecule has 5 nitrogen and oxygen atoms in total. The summed E-state index contributed by atoms with van der Waals surface area (Å²) in [7, 11) is 1.56. The predicted octanol–water partition coefficient (Wildman–Crippen LogP) is 0.374. The van der Waals surface area contributed by atoms with Gasteiger partial charge in [0.2, 0.25) is 5.91 Å². The normalized spacial score (nSPS) is 10.1. The zero-order valence-corrected chi connectivity index (χ0v) is 9.97. The third kappa shape index (κ3) is 4.21. The molecule has 0 aliphatic carbocycles. The van der Waals surface area contributed by atoms with Crippen LogP contribution in [0.5, 0.6) is 0 Å². The fraction of sp³-hybridized carbons (Fsp3) is 0.154. The molecule has 0 bridgehead atoms. The van der Waals surface area contributed by atoms with E-state index in [4.69, 9.17) is 0 Å². The van der Waals surface area contributed by atoms with E-state index in [0.29, 0.717) is 11.8 Å². The van der Waals surface area contributed by atoms with Crippen molar-refractivity contribution >= 4 is 24.2 Å². The Morgan fingerprint density at radius 3 is 2.44 bits per heavy atom. The van der Waals surface area contributed by atoms with E-state index in [2.05, 4.69) is 10.6 Å². The molecule has 5 heteroatoms. The maximum atomic E-state index is 11.3. The zero-order valence-electron chi connectivity index (χ0n) is 9.97. The average molecular weight is 246 g/mol. The molecule has 0 unspecified atom stereocenters. The van der Waals surface area contributed by atoms with Gasteiger partial charge in [0.15, 0.2) is 0 Å². The Labute approximate surface area is 105 Å². The molecule has 1 aromatic carbocycles. The molecule has 2 amide bonds. The molecule has 0 radical (unpaired) electrons. The van der Waals surface area contributed by atoms with Gasteiger partial charge in [0.1, 0.15) is 6.29 Å². The molecule has 0 saturated heterocycles. The van der Waals surface area contributed by atoms with E-state index in [0.717, 1.165) is 5.56 Å². The van der Waals surface area contributed by atoms with Crippen LogP contribution in [0.1, 0.15) is 15.9 Å². The van der Waals surface area contributed by atoms with Crippen LogP contribution in [-0.2, 0) is 9.59 Å². The van der Waals surface area contributed by atoms with Crippen LogP contribution in [0.15, 0.2) is 30.3 Å². The number of rotatable bonds is 5. The average Bonchev–Trinajstić information content (AvgIpc) is 2.42. The van der Waals surface area contributed by atoms with Crippen molar-refractivity contribution in [1.29, 1.82) is 0 Å². The molecule has 0 aromatic heterocycles. The fourth-order valence-corrected chi connectivity index (χ4v) is 1.26. The van der Waals surface area contributed by atoms with Gasteiger partial charge in [-0.2, -0.15) is 0 Å². The molecule has 18 heavy (non-hydrogen) atoms. The molecule has 0 fully saturated rings. The van der Waals surface area contributed by atoms with Crippen molar-refractivity contribution in [2.24, 2.45) is 0 Å². The Balaban J connectivity index is 2.63. The molecule has 94 valence electrons. The van der Waals surface area contributed by atoms with E-state index in [9.17, 15) is 14.4 Å². The zero-order chi connectivity index (χ0) is 13.4. The standard InChI is InChI=1S/C13H14N2O3/c1-14-13(18)11-5-2-10(3-6-11)4-7-12(17)15-8-9-16/h2-7,9H,8H2,1H3,(H,14,18)(H,15,17). The molecular formula is C13H14N2O3.